The first-order chi connectivity index (χ1) is 9.03. The number of urea groups is 1. The Hall–Kier alpha value is -1.26. The van der Waals surface area contributed by atoms with E-state index in [1.807, 2.05) is 0 Å². The van der Waals surface area contributed by atoms with Crippen molar-refractivity contribution < 1.29 is 14.7 Å². The van der Waals surface area contributed by atoms with Crippen molar-refractivity contribution in [1.29, 1.82) is 0 Å². The largest absolute Gasteiger partial charge is 0.481 e. The zero-order valence-corrected chi connectivity index (χ0v) is 13.0. The smallest absolute Gasteiger partial charge is 0.315 e. The lowest BCUT2D eigenvalue weighted by Gasteiger charge is -2.27. The monoisotopic (exact) mass is 282 g/mol. The molecule has 2 saturated carbocycles. The summed E-state index contributed by atoms with van der Waals surface area (Å²) in [5, 5.41) is 15.2. The molecule has 2 unspecified atom stereocenters. The fraction of sp³-hybridized carbons (Fsp3) is 0.867. The van der Waals surface area contributed by atoms with Crippen molar-refractivity contribution in [3.63, 3.8) is 0 Å². The van der Waals surface area contributed by atoms with Gasteiger partial charge in [0.1, 0.15) is 0 Å². The van der Waals surface area contributed by atoms with Crippen LogP contribution in [0.1, 0.15) is 53.9 Å². The molecule has 0 saturated heterocycles. The molecule has 2 fully saturated rings. The van der Waals surface area contributed by atoms with Gasteiger partial charge in [-0.25, -0.2) is 4.79 Å². The second-order valence-electron chi connectivity index (χ2n) is 7.66. The van der Waals surface area contributed by atoms with Crippen LogP contribution in [0, 0.1) is 16.2 Å². The van der Waals surface area contributed by atoms with Crippen molar-refractivity contribution in [1.82, 2.24) is 10.6 Å². The number of aliphatic carboxylic acids is 1. The first-order valence-electron chi connectivity index (χ1n) is 7.34. The first-order valence-corrected chi connectivity index (χ1v) is 7.34. The molecule has 2 amide bonds. The van der Waals surface area contributed by atoms with E-state index in [-0.39, 0.29) is 28.9 Å². The third kappa shape index (κ3) is 2.07. The van der Waals surface area contributed by atoms with Gasteiger partial charge < -0.3 is 15.7 Å². The van der Waals surface area contributed by atoms with Crippen LogP contribution in [0.3, 0.4) is 0 Å². The normalized spacial score (nSPS) is 34.5. The molecule has 0 aromatic rings. The van der Waals surface area contributed by atoms with Crippen LogP contribution in [-0.2, 0) is 4.79 Å². The highest BCUT2D eigenvalue weighted by molar-refractivity contribution is 5.79. The first kappa shape index (κ1) is 15.1. The molecule has 2 atom stereocenters. The Kier molecular flexibility index (Phi) is 3.30. The van der Waals surface area contributed by atoms with Gasteiger partial charge in [0.2, 0.25) is 0 Å². The zero-order valence-electron chi connectivity index (χ0n) is 13.0. The average Bonchev–Trinajstić information content (AvgIpc) is 2.64. The van der Waals surface area contributed by atoms with Crippen LogP contribution in [-0.4, -0.2) is 29.2 Å². The summed E-state index contributed by atoms with van der Waals surface area (Å²) in [5.41, 5.74) is -0.682. The molecule has 5 heteroatoms. The summed E-state index contributed by atoms with van der Waals surface area (Å²) in [4.78, 5) is 23.5. The van der Waals surface area contributed by atoms with Crippen molar-refractivity contribution in [3.05, 3.63) is 0 Å². The molecule has 0 radical (unpaired) electrons. The highest BCUT2D eigenvalue weighted by Gasteiger charge is 2.65. The minimum atomic E-state index is -0.841. The number of carbonyl (C=O) groups is 2. The standard InChI is InChI=1S/C15H26N2O3/c1-13(2)10(14(13,3)4)17-12(20)16-9-7-6-8-15(9,5)11(18)19/h9-10H,6-8H2,1-5H3,(H,18,19)(H2,16,17,20). The molecule has 0 aliphatic heterocycles. The molecule has 114 valence electrons. The Labute approximate surface area is 120 Å². The SMILES string of the molecule is CC1(C(=O)O)CCCC1NC(=O)NC1C(C)(C)C1(C)C. The van der Waals surface area contributed by atoms with Gasteiger partial charge in [-0.05, 0) is 30.6 Å². The van der Waals surface area contributed by atoms with Gasteiger partial charge in [0.05, 0.1) is 5.41 Å². The second-order valence-corrected chi connectivity index (χ2v) is 7.66. The van der Waals surface area contributed by atoms with Crippen LogP contribution in [0.2, 0.25) is 0 Å². The summed E-state index contributed by atoms with van der Waals surface area (Å²) in [7, 11) is 0. The average molecular weight is 282 g/mol. The molecule has 3 N–H and O–H groups in total. The van der Waals surface area contributed by atoms with Crippen molar-refractivity contribution in [3.8, 4) is 0 Å². The molecule has 20 heavy (non-hydrogen) atoms. The molecule has 0 aromatic heterocycles. The van der Waals surface area contributed by atoms with Gasteiger partial charge in [0.25, 0.3) is 0 Å². The molecule has 2 rings (SSSR count). The maximum atomic E-state index is 12.1. The van der Waals surface area contributed by atoms with Gasteiger partial charge in [0, 0.05) is 12.1 Å². The Bertz CT molecular complexity index is 430. The third-order valence-corrected chi connectivity index (χ3v) is 6.05. The van der Waals surface area contributed by atoms with Gasteiger partial charge in [-0.1, -0.05) is 34.1 Å². The number of hydrogen-bond acceptors (Lipinski definition) is 2. The molecule has 0 aromatic carbocycles. The number of amides is 2. The predicted octanol–water partition coefficient (Wildman–Crippen LogP) is 2.36. The number of carbonyl (C=O) groups excluding carboxylic acids is 1. The summed E-state index contributed by atoms with van der Waals surface area (Å²) in [6.45, 7) is 10.3. The fourth-order valence-corrected chi connectivity index (χ4v) is 3.54. The number of carboxylic acids is 1. The Balaban J connectivity index is 1.95. The Morgan fingerprint density at radius 3 is 2.05 bits per heavy atom. The molecule has 0 heterocycles. The van der Waals surface area contributed by atoms with Crippen LogP contribution in [0.25, 0.3) is 0 Å². The number of hydrogen-bond donors (Lipinski definition) is 3. The predicted molar refractivity (Wildman–Crippen MR) is 76.4 cm³/mol. The molecule has 2 aliphatic carbocycles. The zero-order chi connectivity index (χ0) is 15.3. The second kappa shape index (κ2) is 4.37. The van der Waals surface area contributed by atoms with Crippen molar-refractivity contribution >= 4 is 12.0 Å². The van der Waals surface area contributed by atoms with Gasteiger partial charge in [-0.2, -0.15) is 0 Å². The minimum Gasteiger partial charge on any atom is -0.481 e. The quantitative estimate of drug-likeness (QED) is 0.743. The van der Waals surface area contributed by atoms with Gasteiger partial charge in [-0.15, -0.1) is 0 Å². The van der Waals surface area contributed by atoms with E-state index < -0.39 is 11.4 Å². The number of nitrogens with one attached hydrogen (secondary N) is 2. The summed E-state index contributed by atoms with van der Waals surface area (Å²) in [6.07, 6.45) is 2.19. The molecule has 0 spiro atoms. The van der Waals surface area contributed by atoms with E-state index in [9.17, 15) is 14.7 Å². The van der Waals surface area contributed by atoms with Gasteiger partial charge in [-0.3, -0.25) is 4.79 Å². The van der Waals surface area contributed by atoms with Gasteiger partial charge >= 0.3 is 12.0 Å². The van der Waals surface area contributed by atoms with Crippen molar-refractivity contribution in [2.45, 2.75) is 66.0 Å². The van der Waals surface area contributed by atoms with Crippen LogP contribution in [0.5, 0.6) is 0 Å². The molecule has 5 nitrogen and oxygen atoms in total. The van der Waals surface area contributed by atoms with Crippen LogP contribution >= 0.6 is 0 Å². The number of rotatable bonds is 3. The lowest BCUT2D eigenvalue weighted by Crippen LogP contribution is -2.51. The molecule has 0 bridgehead atoms. The summed E-state index contributed by atoms with van der Waals surface area (Å²) >= 11 is 0. The van der Waals surface area contributed by atoms with Crippen LogP contribution in [0.15, 0.2) is 0 Å². The Morgan fingerprint density at radius 1 is 1.05 bits per heavy atom. The van der Waals surface area contributed by atoms with Crippen molar-refractivity contribution in [2.75, 3.05) is 0 Å². The lowest BCUT2D eigenvalue weighted by molar-refractivity contribution is -0.148. The molecular formula is C15H26N2O3. The highest BCUT2D eigenvalue weighted by atomic mass is 16.4. The maximum Gasteiger partial charge on any atom is 0.315 e. The Morgan fingerprint density at radius 2 is 1.60 bits per heavy atom. The van der Waals surface area contributed by atoms with E-state index >= 15 is 0 Å². The summed E-state index contributed by atoms with van der Waals surface area (Å²) in [5.74, 6) is -0.826. The van der Waals surface area contributed by atoms with E-state index in [1.165, 1.54) is 0 Å². The van der Waals surface area contributed by atoms with Gasteiger partial charge in [0.15, 0.2) is 0 Å². The minimum absolute atomic E-state index is 0.0795. The summed E-state index contributed by atoms with van der Waals surface area (Å²) < 4.78 is 0. The third-order valence-electron chi connectivity index (χ3n) is 6.05. The lowest BCUT2D eigenvalue weighted by atomic mass is 9.85. The van der Waals surface area contributed by atoms with E-state index in [0.29, 0.717) is 6.42 Å². The van der Waals surface area contributed by atoms with E-state index in [2.05, 4.69) is 38.3 Å². The number of carboxylic acid groups (broad SMARTS) is 1. The highest BCUT2D eigenvalue weighted by Crippen LogP contribution is 2.62. The van der Waals surface area contributed by atoms with E-state index in [4.69, 9.17) is 0 Å². The van der Waals surface area contributed by atoms with E-state index in [0.717, 1.165) is 12.8 Å². The van der Waals surface area contributed by atoms with Crippen LogP contribution in [0.4, 0.5) is 4.79 Å². The molecular weight excluding hydrogens is 256 g/mol. The molecule has 2 aliphatic rings. The maximum absolute atomic E-state index is 12.1. The topological polar surface area (TPSA) is 78.4 Å². The fourth-order valence-electron chi connectivity index (χ4n) is 3.54. The van der Waals surface area contributed by atoms with Crippen LogP contribution < -0.4 is 10.6 Å². The summed E-state index contributed by atoms with van der Waals surface area (Å²) in [6, 6.07) is -0.398. The van der Waals surface area contributed by atoms with E-state index in [1.54, 1.807) is 6.92 Å². The van der Waals surface area contributed by atoms with Crippen molar-refractivity contribution in [2.24, 2.45) is 16.2 Å².